The van der Waals surface area contributed by atoms with Gasteiger partial charge in [0.05, 0.1) is 18.1 Å². The molecule has 0 saturated carbocycles. The van der Waals surface area contributed by atoms with Crippen LogP contribution < -0.4 is 10.1 Å². The van der Waals surface area contributed by atoms with E-state index in [2.05, 4.69) is 15.5 Å². The van der Waals surface area contributed by atoms with Gasteiger partial charge in [-0.3, -0.25) is 9.48 Å². The van der Waals surface area contributed by atoms with E-state index in [-0.39, 0.29) is 12.6 Å². The number of hydrogen-bond donors (Lipinski definition) is 1. The van der Waals surface area contributed by atoms with Crippen LogP contribution in [0.1, 0.15) is 16.2 Å². The van der Waals surface area contributed by atoms with Crippen LogP contribution in [0.3, 0.4) is 0 Å². The molecule has 24 heavy (non-hydrogen) atoms. The van der Waals surface area contributed by atoms with Crippen LogP contribution in [-0.2, 0) is 13.8 Å². The summed E-state index contributed by atoms with van der Waals surface area (Å²) in [7, 11) is 1.79. The molecule has 0 saturated heterocycles. The van der Waals surface area contributed by atoms with Crippen molar-refractivity contribution in [3.8, 4) is 5.75 Å². The second-order valence-corrected chi connectivity index (χ2v) is 5.68. The monoisotopic (exact) mass is 345 g/mol. The lowest BCUT2D eigenvalue weighted by molar-refractivity contribution is 0.102. The first kappa shape index (κ1) is 16.1. The summed E-state index contributed by atoms with van der Waals surface area (Å²) in [5.41, 5.74) is 1.83. The van der Waals surface area contributed by atoms with Crippen molar-refractivity contribution >= 4 is 23.2 Å². The first-order valence-corrected chi connectivity index (χ1v) is 7.62. The number of amides is 1. The number of hydrogen-bond acceptors (Lipinski definition) is 4. The van der Waals surface area contributed by atoms with E-state index in [1.165, 1.54) is 0 Å². The van der Waals surface area contributed by atoms with Gasteiger partial charge >= 0.3 is 0 Å². The van der Waals surface area contributed by atoms with Crippen LogP contribution in [0.25, 0.3) is 0 Å². The van der Waals surface area contributed by atoms with E-state index in [4.69, 9.17) is 16.3 Å². The van der Waals surface area contributed by atoms with Gasteiger partial charge < -0.3 is 10.1 Å². The molecule has 2 aromatic heterocycles. The molecule has 3 aromatic rings. The first-order chi connectivity index (χ1) is 11.5. The fraction of sp³-hybridized carbons (Fsp3) is 0.188. The van der Waals surface area contributed by atoms with Gasteiger partial charge in [0.2, 0.25) is 0 Å². The summed E-state index contributed by atoms with van der Waals surface area (Å²) < 4.78 is 8.80. The van der Waals surface area contributed by atoms with E-state index in [0.29, 0.717) is 22.2 Å². The van der Waals surface area contributed by atoms with Crippen molar-refractivity contribution in [2.75, 3.05) is 5.32 Å². The van der Waals surface area contributed by atoms with Crippen molar-refractivity contribution in [2.24, 2.45) is 7.05 Å². The summed E-state index contributed by atoms with van der Waals surface area (Å²) in [6, 6.07) is 8.83. The highest BCUT2D eigenvalue weighted by molar-refractivity contribution is 6.30. The molecule has 0 aliphatic carbocycles. The van der Waals surface area contributed by atoms with Crippen LogP contribution in [0.2, 0.25) is 5.02 Å². The van der Waals surface area contributed by atoms with Gasteiger partial charge in [-0.2, -0.15) is 10.2 Å². The van der Waals surface area contributed by atoms with E-state index >= 15 is 0 Å². The predicted molar refractivity (Wildman–Crippen MR) is 90.2 cm³/mol. The molecular formula is C16H16ClN5O2. The molecule has 1 aromatic carbocycles. The van der Waals surface area contributed by atoms with Crippen LogP contribution in [0.5, 0.6) is 5.75 Å². The number of nitrogens with one attached hydrogen (secondary N) is 1. The molecule has 7 nitrogen and oxygen atoms in total. The second kappa shape index (κ2) is 6.76. The minimum absolute atomic E-state index is 0.207. The number of carbonyl (C=O) groups excluding carboxylic acids is 1. The minimum Gasteiger partial charge on any atom is -0.471 e. The molecule has 1 N–H and O–H groups in total. The number of anilines is 1. The van der Waals surface area contributed by atoms with Crippen molar-refractivity contribution in [1.29, 1.82) is 0 Å². The number of benzene rings is 1. The Hall–Kier alpha value is -2.80. The molecule has 0 aliphatic heterocycles. The Kier molecular flexibility index (Phi) is 4.52. The van der Waals surface area contributed by atoms with Gasteiger partial charge in [-0.25, -0.2) is 4.68 Å². The summed E-state index contributed by atoms with van der Waals surface area (Å²) in [5.74, 6) is 0.363. The van der Waals surface area contributed by atoms with Gasteiger partial charge in [0.25, 0.3) is 5.91 Å². The molecule has 0 fully saturated rings. The number of halogens is 1. The maximum Gasteiger partial charge on any atom is 0.276 e. The number of rotatable bonds is 5. The number of nitrogens with zero attached hydrogens (tertiary/aromatic N) is 4. The lowest BCUT2D eigenvalue weighted by atomic mass is 10.3. The molecule has 0 spiro atoms. The maximum atomic E-state index is 12.1. The van der Waals surface area contributed by atoms with Gasteiger partial charge in [0.1, 0.15) is 5.75 Å². The topological polar surface area (TPSA) is 74.0 Å². The van der Waals surface area contributed by atoms with Crippen LogP contribution in [0, 0.1) is 6.92 Å². The molecule has 8 heteroatoms. The third-order valence-corrected chi connectivity index (χ3v) is 3.63. The average Bonchev–Trinajstić information content (AvgIpc) is 3.12. The summed E-state index contributed by atoms with van der Waals surface area (Å²) in [4.78, 5) is 12.1. The number of aromatic nitrogens is 4. The molecule has 0 atom stereocenters. The molecule has 124 valence electrons. The SMILES string of the molecule is Cc1cc(C(=O)Nc2cnn(COc3cccc(Cl)c3)c2)nn1C. The van der Waals surface area contributed by atoms with Gasteiger partial charge in [-0.15, -0.1) is 0 Å². The fourth-order valence-electron chi connectivity index (χ4n) is 2.06. The number of ether oxygens (including phenoxy) is 1. The lowest BCUT2D eigenvalue weighted by Crippen LogP contribution is -2.12. The fourth-order valence-corrected chi connectivity index (χ4v) is 2.24. The van der Waals surface area contributed by atoms with Gasteiger partial charge in [0.15, 0.2) is 12.4 Å². The van der Waals surface area contributed by atoms with Gasteiger partial charge in [-0.05, 0) is 31.2 Å². The van der Waals surface area contributed by atoms with Crippen molar-refractivity contribution in [1.82, 2.24) is 19.6 Å². The average molecular weight is 346 g/mol. The molecule has 0 aliphatic rings. The molecule has 0 unspecified atom stereocenters. The van der Waals surface area contributed by atoms with E-state index in [1.807, 2.05) is 13.0 Å². The van der Waals surface area contributed by atoms with Crippen molar-refractivity contribution in [3.63, 3.8) is 0 Å². The summed E-state index contributed by atoms with van der Waals surface area (Å²) in [6.07, 6.45) is 3.23. The summed E-state index contributed by atoms with van der Waals surface area (Å²) >= 11 is 5.90. The van der Waals surface area contributed by atoms with E-state index in [9.17, 15) is 4.79 Å². The maximum absolute atomic E-state index is 12.1. The molecule has 2 heterocycles. The quantitative estimate of drug-likeness (QED) is 0.771. The molecule has 0 bridgehead atoms. The number of carbonyl (C=O) groups is 1. The Morgan fingerprint density at radius 2 is 2.21 bits per heavy atom. The predicted octanol–water partition coefficient (Wildman–Crippen LogP) is 2.87. The number of aryl methyl sites for hydroxylation is 2. The van der Waals surface area contributed by atoms with Crippen LogP contribution >= 0.6 is 11.6 Å². The summed E-state index contributed by atoms with van der Waals surface area (Å²) in [5, 5.41) is 11.6. The second-order valence-electron chi connectivity index (χ2n) is 5.25. The van der Waals surface area contributed by atoms with Crippen LogP contribution in [0.15, 0.2) is 42.7 Å². The zero-order valence-electron chi connectivity index (χ0n) is 13.2. The Labute approximate surface area is 143 Å². The summed E-state index contributed by atoms with van der Waals surface area (Å²) in [6.45, 7) is 2.09. The molecule has 0 radical (unpaired) electrons. The molecular weight excluding hydrogens is 330 g/mol. The first-order valence-electron chi connectivity index (χ1n) is 7.24. The van der Waals surface area contributed by atoms with Gasteiger partial charge in [-0.1, -0.05) is 17.7 Å². The standard InChI is InChI=1S/C16H16ClN5O2/c1-11-6-15(20-21(11)2)16(23)19-13-8-18-22(9-13)10-24-14-5-3-4-12(17)7-14/h3-9H,10H2,1-2H3,(H,19,23). The normalized spacial score (nSPS) is 10.6. The zero-order valence-corrected chi connectivity index (χ0v) is 14.0. The minimum atomic E-state index is -0.283. The third-order valence-electron chi connectivity index (χ3n) is 3.40. The smallest absolute Gasteiger partial charge is 0.276 e. The highest BCUT2D eigenvalue weighted by atomic mass is 35.5. The largest absolute Gasteiger partial charge is 0.471 e. The zero-order chi connectivity index (χ0) is 17.1. The van der Waals surface area contributed by atoms with E-state index in [0.717, 1.165) is 5.69 Å². The van der Waals surface area contributed by atoms with E-state index in [1.54, 1.807) is 53.1 Å². The Morgan fingerprint density at radius 3 is 2.92 bits per heavy atom. The highest BCUT2D eigenvalue weighted by Crippen LogP contribution is 2.17. The van der Waals surface area contributed by atoms with E-state index < -0.39 is 0 Å². The molecule has 1 amide bonds. The Balaban J connectivity index is 1.60. The van der Waals surface area contributed by atoms with Crippen LogP contribution in [-0.4, -0.2) is 25.5 Å². The third kappa shape index (κ3) is 3.75. The van der Waals surface area contributed by atoms with Crippen molar-refractivity contribution in [2.45, 2.75) is 13.7 Å². The Bertz CT molecular complexity index is 851. The van der Waals surface area contributed by atoms with Crippen molar-refractivity contribution in [3.05, 3.63) is 59.1 Å². The van der Waals surface area contributed by atoms with Crippen molar-refractivity contribution < 1.29 is 9.53 Å². The Morgan fingerprint density at radius 1 is 1.38 bits per heavy atom. The lowest BCUT2D eigenvalue weighted by Gasteiger charge is -2.06. The van der Waals surface area contributed by atoms with Crippen LogP contribution in [0.4, 0.5) is 5.69 Å². The van der Waals surface area contributed by atoms with Gasteiger partial charge in [0, 0.05) is 17.8 Å². The molecule has 3 rings (SSSR count). The highest BCUT2D eigenvalue weighted by Gasteiger charge is 2.12.